The van der Waals surface area contributed by atoms with E-state index in [0.29, 0.717) is 0 Å². The second kappa shape index (κ2) is 4.53. The molecule has 1 saturated heterocycles. The summed E-state index contributed by atoms with van der Waals surface area (Å²) in [5.41, 5.74) is 2.49. The van der Waals surface area contributed by atoms with Gasteiger partial charge in [-0.05, 0) is 18.7 Å². The van der Waals surface area contributed by atoms with E-state index in [4.69, 9.17) is 0 Å². The molecule has 3 nitrogen and oxygen atoms in total. The van der Waals surface area contributed by atoms with Gasteiger partial charge in [-0.2, -0.15) is 0 Å². The van der Waals surface area contributed by atoms with Crippen molar-refractivity contribution in [2.24, 2.45) is 0 Å². The number of piperazine rings is 1. The highest BCUT2D eigenvalue weighted by atomic mass is 15.2. The number of hydrogen-bond acceptors (Lipinski definition) is 3. The predicted octanol–water partition coefficient (Wildman–Crippen LogP) is 0.973. The van der Waals surface area contributed by atoms with E-state index in [1.54, 1.807) is 0 Å². The molecule has 0 aromatic heterocycles. The summed E-state index contributed by atoms with van der Waals surface area (Å²) in [6, 6.07) is 4.06. The summed E-state index contributed by atoms with van der Waals surface area (Å²) in [6.07, 6.45) is 1.82. The molecular weight excluding hydrogens is 174 g/mol. The summed E-state index contributed by atoms with van der Waals surface area (Å²) in [5, 5.41) is 3.31. The second-order valence-electron chi connectivity index (χ2n) is 3.61. The number of rotatable bonds is 1. The van der Waals surface area contributed by atoms with Crippen molar-refractivity contribution in [1.82, 2.24) is 15.2 Å². The van der Waals surface area contributed by atoms with Crippen LogP contribution in [0.2, 0.25) is 0 Å². The Morgan fingerprint density at radius 2 is 2.21 bits per heavy atom. The van der Waals surface area contributed by atoms with E-state index < -0.39 is 0 Å². The molecule has 76 valence electrons. The van der Waals surface area contributed by atoms with Gasteiger partial charge in [0.15, 0.2) is 0 Å². The summed E-state index contributed by atoms with van der Waals surface area (Å²) >= 11 is 0. The van der Waals surface area contributed by atoms with Crippen LogP contribution in [-0.4, -0.2) is 42.6 Å². The predicted molar refractivity (Wildman–Crippen MR) is 58.2 cm³/mol. The van der Waals surface area contributed by atoms with E-state index in [9.17, 15) is 0 Å². The Morgan fingerprint density at radius 3 is 2.50 bits per heavy atom. The molecule has 3 heteroatoms. The molecule has 0 unspecified atom stereocenters. The van der Waals surface area contributed by atoms with Crippen LogP contribution in [0.1, 0.15) is 6.92 Å². The molecule has 0 bridgehead atoms. The first-order valence-electron chi connectivity index (χ1n) is 5.29. The average Bonchev–Trinajstić information content (AvgIpc) is 2.88. The van der Waals surface area contributed by atoms with Crippen molar-refractivity contribution in [2.45, 2.75) is 6.92 Å². The van der Waals surface area contributed by atoms with Gasteiger partial charge in [0.25, 0.3) is 0 Å². The molecule has 1 N–H and O–H groups in total. The molecule has 1 aliphatic carbocycles. The zero-order chi connectivity index (χ0) is 9.80. The minimum absolute atomic E-state index is 1.17. The molecule has 3 rings (SSSR count). The van der Waals surface area contributed by atoms with Crippen LogP contribution in [-0.2, 0) is 0 Å². The molecule has 0 atom stereocenters. The van der Waals surface area contributed by atoms with E-state index in [2.05, 4.69) is 28.2 Å². The van der Waals surface area contributed by atoms with Crippen LogP contribution in [0.5, 0.6) is 0 Å². The number of aromatic nitrogens is 1. The van der Waals surface area contributed by atoms with Crippen molar-refractivity contribution in [2.75, 3.05) is 32.7 Å². The molecule has 0 spiro atoms. The quantitative estimate of drug-likeness (QED) is 0.728. The summed E-state index contributed by atoms with van der Waals surface area (Å²) < 4.78 is 0. The zero-order valence-electron chi connectivity index (χ0n) is 8.66. The number of nitrogens with zero attached hydrogens (tertiary/aromatic N) is 2. The SMILES string of the molecule is CCN1CCNCC1.c1cc2cc-2n1. The topological polar surface area (TPSA) is 28.2 Å². The Labute approximate surface area is 85.1 Å². The molecule has 0 radical (unpaired) electrons. The zero-order valence-corrected chi connectivity index (χ0v) is 8.66. The number of nitrogens with one attached hydrogen (secondary N) is 1. The minimum Gasteiger partial charge on any atom is -0.314 e. The first kappa shape index (κ1) is 9.62. The summed E-state index contributed by atoms with van der Waals surface area (Å²) in [4.78, 5) is 6.41. The monoisotopic (exact) mass is 191 g/mol. The van der Waals surface area contributed by atoms with Crippen LogP contribution in [0.15, 0.2) is 18.3 Å². The highest BCUT2D eigenvalue weighted by molar-refractivity contribution is 5.75. The van der Waals surface area contributed by atoms with Crippen molar-refractivity contribution in [3.8, 4) is 11.3 Å². The largest absolute Gasteiger partial charge is 0.314 e. The third-order valence-corrected chi connectivity index (χ3v) is 2.63. The smallest absolute Gasteiger partial charge is 0.0710 e. The third-order valence-electron chi connectivity index (χ3n) is 2.63. The van der Waals surface area contributed by atoms with Crippen LogP contribution in [0.25, 0.3) is 11.3 Å². The van der Waals surface area contributed by atoms with Gasteiger partial charge >= 0.3 is 0 Å². The number of pyridine rings is 1. The Kier molecular flexibility index (Phi) is 3.11. The number of fused-ring (bicyclic) bond motifs is 1. The van der Waals surface area contributed by atoms with E-state index in [1.807, 2.05) is 12.3 Å². The lowest BCUT2D eigenvalue weighted by Crippen LogP contribution is -2.43. The van der Waals surface area contributed by atoms with Gasteiger partial charge in [-0.3, -0.25) is 4.98 Å². The van der Waals surface area contributed by atoms with Crippen molar-refractivity contribution in [3.63, 3.8) is 0 Å². The van der Waals surface area contributed by atoms with Crippen LogP contribution < -0.4 is 5.32 Å². The summed E-state index contributed by atoms with van der Waals surface area (Å²) in [7, 11) is 0. The molecular formula is C11H17N3. The summed E-state index contributed by atoms with van der Waals surface area (Å²) in [6.45, 7) is 8.24. The van der Waals surface area contributed by atoms with Crippen LogP contribution in [0, 0.1) is 0 Å². The number of hydrogen-bond donors (Lipinski definition) is 1. The molecule has 0 saturated carbocycles. The van der Waals surface area contributed by atoms with Gasteiger partial charge in [0.2, 0.25) is 0 Å². The lowest BCUT2D eigenvalue weighted by molar-refractivity contribution is 0.253. The van der Waals surface area contributed by atoms with Crippen molar-refractivity contribution < 1.29 is 0 Å². The van der Waals surface area contributed by atoms with Gasteiger partial charge in [0, 0.05) is 37.9 Å². The van der Waals surface area contributed by atoms with E-state index in [1.165, 1.54) is 44.0 Å². The first-order valence-corrected chi connectivity index (χ1v) is 5.29. The normalized spacial score (nSPS) is 18.4. The average molecular weight is 191 g/mol. The van der Waals surface area contributed by atoms with E-state index >= 15 is 0 Å². The highest BCUT2D eigenvalue weighted by Gasteiger charge is 2.09. The third kappa shape index (κ3) is 2.53. The fourth-order valence-electron chi connectivity index (χ4n) is 1.58. The lowest BCUT2D eigenvalue weighted by Gasteiger charge is -2.25. The van der Waals surface area contributed by atoms with Gasteiger partial charge in [-0.1, -0.05) is 6.92 Å². The van der Waals surface area contributed by atoms with Gasteiger partial charge in [0.1, 0.15) is 0 Å². The molecule has 2 aliphatic heterocycles. The number of likely N-dealkylation sites (N-methyl/N-ethyl adjacent to an activating group) is 1. The van der Waals surface area contributed by atoms with E-state index in [-0.39, 0.29) is 0 Å². The Hall–Kier alpha value is -0.930. The molecule has 0 amide bonds. The van der Waals surface area contributed by atoms with Gasteiger partial charge < -0.3 is 10.2 Å². The Bertz CT molecular complexity index is 275. The maximum atomic E-state index is 3.95. The highest BCUT2D eigenvalue weighted by Crippen LogP contribution is 2.29. The van der Waals surface area contributed by atoms with Crippen LogP contribution >= 0.6 is 0 Å². The molecule has 0 aromatic rings. The van der Waals surface area contributed by atoms with Crippen molar-refractivity contribution >= 4 is 0 Å². The van der Waals surface area contributed by atoms with Crippen LogP contribution in [0.4, 0.5) is 0 Å². The van der Waals surface area contributed by atoms with E-state index in [0.717, 1.165) is 0 Å². The Morgan fingerprint density at radius 1 is 1.43 bits per heavy atom. The lowest BCUT2D eigenvalue weighted by atomic mass is 10.4. The maximum absolute atomic E-state index is 3.95. The molecule has 2 heterocycles. The fourth-order valence-corrected chi connectivity index (χ4v) is 1.58. The molecule has 1 fully saturated rings. The Balaban J connectivity index is 0.000000110. The molecule has 3 aliphatic rings. The maximum Gasteiger partial charge on any atom is 0.0710 e. The summed E-state index contributed by atoms with van der Waals surface area (Å²) in [5.74, 6) is 0. The fraction of sp³-hybridized carbons (Fsp3) is 0.545. The molecule has 0 aromatic carbocycles. The standard InChI is InChI=1S/C6H14N2.C5H3N/c1-2-8-5-3-7-4-6-8;1-2-6-5-3-4(1)5/h7H,2-6H2,1H3;1-3H. The van der Waals surface area contributed by atoms with Crippen LogP contribution in [0.3, 0.4) is 0 Å². The molecule has 14 heavy (non-hydrogen) atoms. The minimum atomic E-state index is 1.17. The van der Waals surface area contributed by atoms with Gasteiger partial charge in [-0.15, -0.1) is 0 Å². The van der Waals surface area contributed by atoms with Gasteiger partial charge in [-0.25, -0.2) is 0 Å². The first-order chi connectivity index (χ1) is 6.90. The second-order valence-corrected chi connectivity index (χ2v) is 3.61. The van der Waals surface area contributed by atoms with Crippen molar-refractivity contribution in [1.29, 1.82) is 0 Å². The van der Waals surface area contributed by atoms with Gasteiger partial charge in [0.05, 0.1) is 5.69 Å². The van der Waals surface area contributed by atoms with Crippen molar-refractivity contribution in [3.05, 3.63) is 18.3 Å².